The molecule has 0 saturated carbocycles. The Labute approximate surface area is 120 Å². The Morgan fingerprint density at radius 1 is 1.57 bits per heavy atom. The molecule has 0 heterocycles. The number of ether oxygens (including phenoxy) is 1. The number of halogens is 1. The van der Waals surface area contributed by atoms with Crippen LogP contribution >= 0.6 is 0 Å². The molecule has 0 saturated heterocycles. The van der Waals surface area contributed by atoms with Crippen molar-refractivity contribution in [1.82, 2.24) is 0 Å². The van der Waals surface area contributed by atoms with Crippen LogP contribution < -0.4 is 5.32 Å². The van der Waals surface area contributed by atoms with Gasteiger partial charge < -0.3 is 15.2 Å². The van der Waals surface area contributed by atoms with Gasteiger partial charge in [-0.05, 0) is 18.4 Å². The zero-order chi connectivity index (χ0) is 16.0. The van der Waals surface area contributed by atoms with E-state index < -0.39 is 22.4 Å². The van der Waals surface area contributed by atoms with Gasteiger partial charge >= 0.3 is 5.97 Å². The van der Waals surface area contributed by atoms with Crippen LogP contribution in [0, 0.1) is 21.8 Å². The van der Waals surface area contributed by atoms with Crippen molar-refractivity contribution >= 4 is 17.3 Å². The van der Waals surface area contributed by atoms with Crippen LogP contribution in [-0.2, 0) is 4.74 Å². The van der Waals surface area contributed by atoms with Crippen LogP contribution in [-0.4, -0.2) is 36.3 Å². The largest absolute Gasteiger partial charge is 0.465 e. The van der Waals surface area contributed by atoms with Gasteiger partial charge in [0.15, 0.2) is 0 Å². The Morgan fingerprint density at radius 3 is 2.76 bits per heavy atom. The minimum atomic E-state index is -1.01. The molecule has 0 aliphatic carbocycles. The maximum Gasteiger partial charge on any atom is 0.340 e. The van der Waals surface area contributed by atoms with Gasteiger partial charge in [-0.3, -0.25) is 10.1 Å². The van der Waals surface area contributed by atoms with Gasteiger partial charge in [0.05, 0.1) is 23.7 Å². The molecule has 1 aromatic rings. The highest BCUT2D eigenvalue weighted by atomic mass is 19.1. The lowest BCUT2D eigenvalue weighted by molar-refractivity contribution is -0.384. The molecule has 116 valence electrons. The molecule has 0 aliphatic rings. The molecule has 8 heteroatoms. The number of aliphatic hydroxyl groups is 1. The third-order valence-corrected chi connectivity index (χ3v) is 2.95. The summed E-state index contributed by atoms with van der Waals surface area (Å²) in [6.07, 6.45) is 0.520. The number of nitrogens with zero attached hydrogens (tertiary/aromatic N) is 1. The number of hydrogen-bond acceptors (Lipinski definition) is 6. The molecular weight excluding hydrogens is 283 g/mol. The van der Waals surface area contributed by atoms with E-state index >= 15 is 0 Å². The summed E-state index contributed by atoms with van der Waals surface area (Å²) in [6.45, 7) is 2.19. The molecule has 0 fully saturated rings. The van der Waals surface area contributed by atoms with E-state index in [0.717, 1.165) is 13.2 Å². The second kappa shape index (κ2) is 7.53. The summed E-state index contributed by atoms with van der Waals surface area (Å²) in [5.74, 6) is -1.86. The van der Waals surface area contributed by atoms with E-state index in [1.165, 1.54) is 0 Å². The van der Waals surface area contributed by atoms with Crippen molar-refractivity contribution in [3.05, 3.63) is 33.6 Å². The van der Waals surface area contributed by atoms with Crippen LogP contribution in [0.25, 0.3) is 0 Å². The number of anilines is 1. The fourth-order valence-corrected chi connectivity index (χ4v) is 1.73. The molecule has 0 radical (unpaired) electrons. The van der Waals surface area contributed by atoms with Crippen LogP contribution in [0.15, 0.2) is 12.1 Å². The fourth-order valence-electron chi connectivity index (χ4n) is 1.73. The number of benzene rings is 1. The average Bonchev–Trinajstić information content (AvgIpc) is 2.44. The summed E-state index contributed by atoms with van der Waals surface area (Å²) >= 11 is 0. The van der Waals surface area contributed by atoms with Gasteiger partial charge in [0, 0.05) is 13.2 Å². The average molecular weight is 300 g/mol. The zero-order valence-corrected chi connectivity index (χ0v) is 11.8. The van der Waals surface area contributed by atoms with E-state index in [0.29, 0.717) is 19.0 Å². The number of nitro groups is 1. The molecule has 1 rings (SSSR count). The van der Waals surface area contributed by atoms with E-state index in [2.05, 4.69) is 10.1 Å². The standard InChI is InChI=1S/C13H17FN2O5/c1-8(3-4-17)7-15-11-5-9(13(18)21-2)10(14)6-12(11)16(19)20/h5-6,8,15,17H,3-4,7H2,1-2H3. The minimum Gasteiger partial charge on any atom is -0.465 e. The van der Waals surface area contributed by atoms with Gasteiger partial charge in [-0.1, -0.05) is 6.92 Å². The Morgan fingerprint density at radius 2 is 2.24 bits per heavy atom. The maximum absolute atomic E-state index is 13.7. The molecule has 0 amide bonds. The van der Waals surface area contributed by atoms with Crippen LogP contribution in [0.2, 0.25) is 0 Å². The minimum absolute atomic E-state index is 0.00175. The summed E-state index contributed by atoms with van der Waals surface area (Å²) in [4.78, 5) is 21.6. The number of nitro benzene ring substituents is 1. The highest BCUT2D eigenvalue weighted by molar-refractivity contribution is 5.91. The molecule has 0 aromatic heterocycles. The lowest BCUT2D eigenvalue weighted by Gasteiger charge is -2.13. The topological polar surface area (TPSA) is 102 Å². The Bertz CT molecular complexity index is 536. The van der Waals surface area contributed by atoms with E-state index in [1.54, 1.807) is 0 Å². The number of carbonyl (C=O) groups excluding carboxylic acids is 1. The Kier molecular flexibility index (Phi) is 6.04. The SMILES string of the molecule is COC(=O)c1cc(NCC(C)CCO)c([N+](=O)[O-])cc1F. The summed E-state index contributed by atoms with van der Waals surface area (Å²) in [7, 11) is 1.10. The molecule has 7 nitrogen and oxygen atoms in total. The first kappa shape index (κ1) is 16.8. The van der Waals surface area contributed by atoms with Gasteiger partial charge in [0.25, 0.3) is 5.69 Å². The van der Waals surface area contributed by atoms with E-state index in [1.807, 2.05) is 6.92 Å². The second-order valence-corrected chi connectivity index (χ2v) is 4.60. The normalized spacial score (nSPS) is 11.8. The Balaban J connectivity index is 3.08. The fraction of sp³-hybridized carbons (Fsp3) is 0.462. The number of methoxy groups -OCH3 is 1. The van der Waals surface area contributed by atoms with Crippen molar-refractivity contribution in [3.8, 4) is 0 Å². The van der Waals surface area contributed by atoms with Gasteiger partial charge in [-0.25, -0.2) is 9.18 Å². The molecule has 21 heavy (non-hydrogen) atoms. The van der Waals surface area contributed by atoms with E-state index in [9.17, 15) is 19.3 Å². The van der Waals surface area contributed by atoms with Crippen molar-refractivity contribution in [2.45, 2.75) is 13.3 Å². The third kappa shape index (κ3) is 4.38. The van der Waals surface area contributed by atoms with Crippen molar-refractivity contribution in [2.75, 3.05) is 25.6 Å². The second-order valence-electron chi connectivity index (χ2n) is 4.60. The van der Waals surface area contributed by atoms with Crippen molar-refractivity contribution in [2.24, 2.45) is 5.92 Å². The van der Waals surface area contributed by atoms with Crippen LogP contribution in [0.3, 0.4) is 0 Å². The number of aliphatic hydroxyl groups excluding tert-OH is 1. The summed E-state index contributed by atoms with van der Waals surface area (Å²) in [5.41, 5.74) is -0.802. The Hall–Kier alpha value is -2.22. The monoisotopic (exact) mass is 300 g/mol. The summed E-state index contributed by atoms with van der Waals surface area (Å²) in [6, 6.07) is 1.75. The predicted octanol–water partition coefficient (Wildman–Crippen LogP) is 1.95. The highest BCUT2D eigenvalue weighted by Crippen LogP contribution is 2.28. The van der Waals surface area contributed by atoms with Crippen LogP contribution in [0.4, 0.5) is 15.8 Å². The number of carbonyl (C=O) groups is 1. The van der Waals surface area contributed by atoms with E-state index in [-0.39, 0.29) is 23.8 Å². The first-order valence-electron chi connectivity index (χ1n) is 6.31. The van der Waals surface area contributed by atoms with Crippen LogP contribution in [0.1, 0.15) is 23.7 Å². The highest BCUT2D eigenvalue weighted by Gasteiger charge is 2.22. The quantitative estimate of drug-likeness (QED) is 0.453. The predicted molar refractivity (Wildman–Crippen MR) is 73.8 cm³/mol. The first-order chi connectivity index (χ1) is 9.90. The number of hydrogen-bond donors (Lipinski definition) is 2. The van der Waals surface area contributed by atoms with Crippen LogP contribution in [0.5, 0.6) is 0 Å². The summed E-state index contributed by atoms with van der Waals surface area (Å²) < 4.78 is 18.1. The number of nitrogens with one attached hydrogen (secondary N) is 1. The lowest BCUT2D eigenvalue weighted by Crippen LogP contribution is -2.15. The molecule has 0 spiro atoms. The third-order valence-electron chi connectivity index (χ3n) is 2.95. The van der Waals surface area contributed by atoms with Crippen molar-refractivity contribution in [1.29, 1.82) is 0 Å². The maximum atomic E-state index is 13.7. The smallest absolute Gasteiger partial charge is 0.340 e. The molecular formula is C13H17FN2O5. The van der Waals surface area contributed by atoms with Gasteiger partial charge in [0.1, 0.15) is 11.5 Å². The zero-order valence-electron chi connectivity index (χ0n) is 11.8. The van der Waals surface area contributed by atoms with Gasteiger partial charge in [-0.15, -0.1) is 0 Å². The number of esters is 1. The lowest BCUT2D eigenvalue weighted by atomic mass is 10.1. The molecule has 1 atom stereocenters. The molecule has 1 unspecified atom stereocenters. The number of rotatable bonds is 7. The molecule has 0 aliphatic heterocycles. The van der Waals surface area contributed by atoms with Crippen molar-refractivity contribution < 1.29 is 24.0 Å². The molecule has 1 aromatic carbocycles. The summed E-state index contributed by atoms with van der Waals surface area (Å²) in [5, 5.41) is 22.6. The van der Waals surface area contributed by atoms with Gasteiger partial charge in [0.2, 0.25) is 0 Å². The molecule has 0 bridgehead atoms. The van der Waals surface area contributed by atoms with Gasteiger partial charge in [-0.2, -0.15) is 0 Å². The molecule has 2 N–H and O–H groups in total. The van der Waals surface area contributed by atoms with Crippen molar-refractivity contribution in [3.63, 3.8) is 0 Å². The van der Waals surface area contributed by atoms with E-state index in [4.69, 9.17) is 5.11 Å². The first-order valence-corrected chi connectivity index (χ1v) is 6.31.